The molecule has 1 saturated carbocycles. The molecule has 0 amide bonds. The highest BCUT2D eigenvalue weighted by molar-refractivity contribution is 5.73. The van der Waals surface area contributed by atoms with Gasteiger partial charge in [0.15, 0.2) is 0 Å². The van der Waals surface area contributed by atoms with Crippen molar-refractivity contribution in [3.05, 3.63) is 0 Å². The summed E-state index contributed by atoms with van der Waals surface area (Å²) in [4.78, 5) is 11.9. The highest BCUT2D eigenvalue weighted by atomic mass is 16.5. The van der Waals surface area contributed by atoms with Crippen molar-refractivity contribution in [2.75, 3.05) is 13.2 Å². The minimum absolute atomic E-state index is 0.0226. The largest absolute Gasteiger partial charge is 0.465 e. The first-order valence-electron chi connectivity index (χ1n) is 6.57. The van der Waals surface area contributed by atoms with Crippen LogP contribution in [0.25, 0.3) is 0 Å². The summed E-state index contributed by atoms with van der Waals surface area (Å²) in [5, 5.41) is 0. The molecule has 0 radical (unpaired) electrons. The lowest BCUT2D eigenvalue weighted by molar-refractivity contribution is -0.156. The summed E-state index contributed by atoms with van der Waals surface area (Å²) in [6.07, 6.45) is 6.33. The van der Waals surface area contributed by atoms with E-state index in [1.807, 2.05) is 6.92 Å². The van der Waals surface area contributed by atoms with E-state index in [1.165, 1.54) is 6.42 Å². The first kappa shape index (κ1) is 13.5. The van der Waals surface area contributed by atoms with Crippen molar-refractivity contribution >= 4 is 5.97 Å². The number of ether oxygens (including phenoxy) is 2. The summed E-state index contributed by atoms with van der Waals surface area (Å²) in [5.41, 5.74) is 0. The average Bonchev–Trinajstić information content (AvgIpc) is 2.30. The molecule has 0 aromatic heterocycles. The van der Waals surface area contributed by atoms with Gasteiger partial charge in [0.2, 0.25) is 0 Å². The van der Waals surface area contributed by atoms with E-state index in [-0.39, 0.29) is 18.0 Å². The average molecular weight is 228 g/mol. The van der Waals surface area contributed by atoms with Gasteiger partial charge in [0, 0.05) is 6.61 Å². The van der Waals surface area contributed by atoms with Gasteiger partial charge in [-0.1, -0.05) is 26.2 Å². The maximum atomic E-state index is 11.9. The molecule has 0 N–H and O–H groups in total. The molecule has 0 saturated heterocycles. The van der Waals surface area contributed by atoms with E-state index in [2.05, 4.69) is 6.92 Å². The topological polar surface area (TPSA) is 35.5 Å². The van der Waals surface area contributed by atoms with Crippen LogP contribution in [0, 0.1) is 5.92 Å². The molecule has 0 heterocycles. The van der Waals surface area contributed by atoms with Crippen molar-refractivity contribution in [1.29, 1.82) is 0 Å². The summed E-state index contributed by atoms with van der Waals surface area (Å²) in [7, 11) is 0. The third kappa shape index (κ3) is 4.12. The van der Waals surface area contributed by atoms with Crippen LogP contribution in [0.15, 0.2) is 0 Å². The number of carbonyl (C=O) groups is 1. The second-order valence-electron chi connectivity index (χ2n) is 4.41. The van der Waals surface area contributed by atoms with Crippen molar-refractivity contribution in [1.82, 2.24) is 0 Å². The summed E-state index contributed by atoms with van der Waals surface area (Å²) >= 11 is 0. The molecule has 0 aliphatic heterocycles. The summed E-state index contributed by atoms with van der Waals surface area (Å²) in [5.74, 6) is -0.0721. The smallest absolute Gasteiger partial charge is 0.311 e. The normalized spacial score (nSPS) is 25.4. The third-order valence-corrected chi connectivity index (χ3v) is 3.13. The minimum atomic E-state index is -0.0494. The Balaban J connectivity index is 2.37. The van der Waals surface area contributed by atoms with Gasteiger partial charge >= 0.3 is 5.97 Å². The molecule has 2 unspecified atom stereocenters. The molecule has 3 nitrogen and oxygen atoms in total. The second kappa shape index (κ2) is 7.66. The van der Waals surface area contributed by atoms with Crippen molar-refractivity contribution in [2.45, 2.75) is 58.5 Å². The Kier molecular flexibility index (Phi) is 6.46. The van der Waals surface area contributed by atoms with Crippen LogP contribution in [-0.2, 0) is 14.3 Å². The predicted molar refractivity (Wildman–Crippen MR) is 63.2 cm³/mol. The molecular weight excluding hydrogens is 204 g/mol. The fourth-order valence-corrected chi connectivity index (χ4v) is 2.20. The van der Waals surface area contributed by atoms with Crippen LogP contribution in [0.2, 0.25) is 0 Å². The van der Waals surface area contributed by atoms with Gasteiger partial charge in [0.05, 0.1) is 18.6 Å². The van der Waals surface area contributed by atoms with Crippen LogP contribution in [0.3, 0.4) is 0 Å². The van der Waals surface area contributed by atoms with Gasteiger partial charge in [-0.15, -0.1) is 0 Å². The van der Waals surface area contributed by atoms with Crippen molar-refractivity contribution < 1.29 is 14.3 Å². The molecule has 16 heavy (non-hydrogen) atoms. The molecule has 0 aromatic rings. The Morgan fingerprint density at radius 3 is 2.69 bits per heavy atom. The zero-order valence-electron chi connectivity index (χ0n) is 10.5. The zero-order chi connectivity index (χ0) is 11.8. The van der Waals surface area contributed by atoms with Crippen LogP contribution in [0.5, 0.6) is 0 Å². The van der Waals surface area contributed by atoms with Gasteiger partial charge in [-0.25, -0.2) is 0 Å². The Morgan fingerprint density at radius 2 is 2.00 bits per heavy atom. The maximum absolute atomic E-state index is 11.9. The molecule has 1 aliphatic rings. The summed E-state index contributed by atoms with van der Waals surface area (Å²) in [6.45, 7) is 5.32. The molecule has 1 aliphatic carbocycles. The standard InChI is InChI=1S/C13H24O3/c1-3-5-10-16-13(14)11-8-6-7-9-12(11)15-4-2/h11-12H,3-10H2,1-2H3. The molecule has 0 spiro atoms. The molecule has 1 rings (SSSR count). The molecule has 94 valence electrons. The Bertz CT molecular complexity index is 201. The fraction of sp³-hybridized carbons (Fsp3) is 0.923. The first-order valence-corrected chi connectivity index (χ1v) is 6.57. The van der Waals surface area contributed by atoms with E-state index in [1.54, 1.807) is 0 Å². The van der Waals surface area contributed by atoms with Crippen molar-refractivity contribution in [3.8, 4) is 0 Å². The first-order chi connectivity index (χ1) is 7.79. The van der Waals surface area contributed by atoms with Crippen LogP contribution in [0.1, 0.15) is 52.4 Å². The molecular formula is C13H24O3. The molecule has 0 bridgehead atoms. The van der Waals surface area contributed by atoms with Gasteiger partial charge in [-0.05, 0) is 26.2 Å². The zero-order valence-corrected chi connectivity index (χ0v) is 10.5. The lowest BCUT2D eigenvalue weighted by atomic mass is 9.86. The highest BCUT2D eigenvalue weighted by Crippen LogP contribution is 2.27. The number of unbranched alkanes of at least 4 members (excludes halogenated alkanes) is 1. The van der Waals surface area contributed by atoms with E-state index >= 15 is 0 Å². The van der Waals surface area contributed by atoms with Crippen LogP contribution >= 0.6 is 0 Å². The van der Waals surface area contributed by atoms with Gasteiger partial charge in [-0.3, -0.25) is 4.79 Å². The summed E-state index contributed by atoms with van der Waals surface area (Å²) in [6, 6.07) is 0. The predicted octanol–water partition coefficient (Wildman–Crippen LogP) is 2.93. The highest BCUT2D eigenvalue weighted by Gasteiger charge is 2.32. The SMILES string of the molecule is CCCCOC(=O)C1CCCCC1OCC. The van der Waals surface area contributed by atoms with Crippen LogP contribution in [0.4, 0.5) is 0 Å². The molecule has 3 heteroatoms. The van der Waals surface area contributed by atoms with E-state index < -0.39 is 0 Å². The lowest BCUT2D eigenvalue weighted by Gasteiger charge is -2.29. The van der Waals surface area contributed by atoms with Gasteiger partial charge < -0.3 is 9.47 Å². The van der Waals surface area contributed by atoms with Crippen LogP contribution in [-0.4, -0.2) is 25.3 Å². The van der Waals surface area contributed by atoms with E-state index in [0.29, 0.717) is 13.2 Å². The Morgan fingerprint density at radius 1 is 1.25 bits per heavy atom. The lowest BCUT2D eigenvalue weighted by Crippen LogP contribution is -2.35. The summed E-state index contributed by atoms with van der Waals surface area (Å²) < 4.78 is 10.9. The monoisotopic (exact) mass is 228 g/mol. The molecule has 0 aromatic carbocycles. The maximum Gasteiger partial charge on any atom is 0.311 e. The third-order valence-electron chi connectivity index (χ3n) is 3.13. The Hall–Kier alpha value is -0.570. The second-order valence-corrected chi connectivity index (χ2v) is 4.41. The number of hydrogen-bond donors (Lipinski definition) is 0. The van der Waals surface area contributed by atoms with Crippen LogP contribution < -0.4 is 0 Å². The van der Waals surface area contributed by atoms with Gasteiger partial charge in [0.1, 0.15) is 0 Å². The number of hydrogen-bond acceptors (Lipinski definition) is 3. The van der Waals surface area contributed by atoms with Crippen molar-refractivity contribution in [3.63, 3.8) is 0 Å². The quantitative estimate of drug-likeness (QED) is 0.518. The van der Waals surface area contributed by atoms with E-state index in [0.717, 1.165) is 32.1 Å². The Labute approximate surface area is 98.5 Å². The number of rotatable bonds is 6. The number of esters is 1. The molecule has 1 fully saturated rings. The van der Waals surface area contributed by atoms with Gasteiger partial charge in [-0.2, -0.15) is 0 Å². The van der Waals surface area contributed by atoms with E-state index in [4.69, 9.17) is 9.47 Å². The number of carbonyl (C=O) groups excluding carboxylic acids is 1. The van der Waals surface area contributed by atoms with E-state index in [9.17, 15) is 4.79 Å². The fourth-order valence-electron chi connectivity index (χ4n) is 2.20. The van der Waals surface area contributed by atoms with Crippen molar-refractivity contribution in [2.24, 2.45) is 5.92 Å². The minimum Gasteiger partial charge on any atom is -0.465 e. The molecule has 2 atom stereocenters. The van der Waals surface area contributed by atoms with Gasteiger partial charge in [0.25, 0.3) is 0 Å².